The average molecular weight is 253 g/mol. The first kappa shape index (κ1) is 14.1. The summed E-state index contributed by atoms with van der Waals surface area (Å²) in [6, 6.07) is 0. The summed E-state index contributed by atoms with van der Waals surface area (Å²) in [7, 11) is 0. The number of nitrogen functional groups attached to an aromatic ring is 1. The van der Waals surface area contributed by atoms with E-state index in [9.17, 15) is 10.1 Å². The van der Waals surface area contributed by atoms with Gasteiger partial charge in [-0.3, -0.25) is 10.1 Å². The Bertz CT molecular complexity index is 436. The van der Waals surface area contributed by atoms with Crippen LogP contribution < -0.4 is 10.6 Å². The van der Waals surface area contributed by atoms with Crippen molar-refractivity contribution in [1.29, 1.82) is 0 Å². The van der Waals surface area contributed by atoms with Crippen molar-refractivity contribution in [2.45, 2.75) is 33.6 Å². The van der Waals surface area contributed by atoms with E-state index < -0.39 is 4.92 Å². The van der Waals surface area contributed by atoms with E-state index in [1.165, 1.54) is 0 Å². The monoisotopic (exact) mass is 253 g/mol. The second-order valence-corrected chi connectivity index (χ2v) is 4.03. The zero-order valence-electron chi connectivity index (χ0n) is 11.0. The van der Waals surface area contributed by atoms with E-state index in [1.807, 2.05) is 11.8 Å². The van der Waals surface area contributed by atoms with Crippen LogP contribution in [0.4, 0.5) is 17.5 Å². The largest absolute Gasteiger partial charge is 0.368 e. The van der Waals surface area contributed by atoms with Gasteiger partial charge >= 0.3 is 5.69 Å². The Labute approximate surface area is 106 Å². The summed E-state index contributed by atoms with van der Waals surface area (Å²) in [5, 5.41) is 11.1. The molecule has 0 saturated carbocycles. The van der Waals surface area contributed by atoms with Gasteiger partial charge in [0.15, 0.2) is 0 Å². The first-order valence-electron chi connectivity index (χ1n) is 6.04. The summed E-state index contributed by atoms with van der Waals surface area (Å²) in [6.07, 6.45) is 1.97. The van der Waals surface area contributed by atoms with E-state index in [1.54, 1.807) is 6.92 Å². The molecule has 0 spiro atoms. The molecule has 18 heavy (non-hydrogen) atoms. The normalized spacial score (nSPS) is 10.4. The molecule has 0 fully saturated rings. The maximum absolute atomic E-state index is 11.1. The highest BCUT2D eigenvalue weighted by Gasteiger charge is 2.24. The average Bonchev–Trinajstić information content (AvgIpc) is 2.28. The van der Waals surface area contributed by atoms with E-state index in [2.05, 4.69) is 16.9 Å². The summed E-state index contributed by atoms with van der Waals surface area (Å²) >= 11 is 0. The lowest BCUT2D eigenvalue weighted by molar-refractivity contribution is -0.385. The molecule has 0 unspecified atom stereocenters. The van der Waals surface area contributed by atoms with Gasteiger partial charge in [-0.05, 0) is 20.3 Å². The Morgan fingerprint density at radius 1 is 1.39 bits per heavy atom. The zero-order valence-corrected chi connectivity index (χ0v) is 11.0. The highest BCUT2D eigenvalue weighted by molar-refractivity contribution is 5.61. The van der Waals surface area contributed by atoms with Crippen LogP contribution in [0.25, 0.3) is 0 Å². The number of anilines is 2. The van der Waals surface area contributed by atoms with Gasteiger partial charge in [-0.25, -0.2) is 4.98 Å². The smallest absolute Gasteiger partial charge is 0.332 e. The molecule has 0 radical (unpaired) electrons. The second kappa shape index (κ2) is 6.13. The molecule has 0 saturated heterocycles. The Morgan fingerprint density at radius 2 is 2.06 bits per heavy atom. The quantitative estimate of drug-likeness (QED) is 0.614. The molecule has 100 valence electrons. The molecule has 0 aliphatic carbocycles. The minimum Gasteiger partial charge on any atom is -0.368 e. The minimum absolute atomic E-state index is 0.0536. The number of hydrogen-bond acceptors (Lipinski definition) is 6. The molecule has 1 rings (SSSR count). The zero-order chi connectivity index (χ0) is 13.7. The van der Waals surface area contributed by atoms with Gasteiger partial charge in [0.25, 0.3) is 0 Å². The number of nitrogens with zero attached hydrogens (tertiary/aromatic N) is 4. The van der Waals surface area contributed by atoms with E-state index in [4.69, 9.17) is 5.73 Å². The number of hydrogen-bond donors (Lipinski definition) is 1. The highest BCUT2D eigenvalue weighted by Crippen LogP contribution is 2.29. The van der Waals surface area contributed by atoms with Crippen molar-refractivity contribution in [3.8, 4) is 0 Å². The van der Waals surface area contributed by atoms with Crippen LogP contribution in [0.3, 0.4) is 0 Å². The van der Waals surface area contributed by atoms with Gasteiger partial charge in [0.2, 0.25) is 11.8 Å². The van der Waals surface area contributed by atoms with Crippen LogP contribution in [-0.2, 0) is 0 Å². The number of aromatic nitrogens is 2. The highest BCUT2D eigenvalue weighted by atomic mass is 16.6. The number of aryl methyl sites for hydroxylation is 1. The van der Waals surface area contributed by atoms with Gasteiger partial charge in [0.1, 0.15) is 5.69 Å². The molecule has 0 amide bonds. The minimum atomic E-state index is -0.446. The molecule has 1 aromatic rings. The predicted octanol–water partition coefficient (Wildman–Crippen LogP) is 1.90. The lowest BCUT2D eigenvalue weighted by Gasteiger charge is -2.21. The van der Waals surface area contributed by atoms with Gasteiger partial charge in [0.05, 0.1) is 4.92 Å². The first-order chi connectivity index (χ1) is 8.51. The van der Waals surface area contributed by atoms with Gasteiger partial charge in [0, 0.05) is 13.1 Å². The van der Waals surface area contributed by atoms with Crippen LogP contribution >= 0.6 is 0 Å². The summed E-state index contributed by atoms with van der Waals surface area (Å²) < 4.78 is 0. The van der Waals surface area contributed by atoms with Crippen LogP contribution in [0.2, 0.25) is 0 Å². The second-order valence-electron chi connectivity index (χ2n) is 4.03. The topological polar surface area (TPSA) is 98.2 Å². The van der Waals surface area contributed by atoms with Crippen molar-refractivity contribution in [2.75, 3.05) is 23.7 Å². The van der Waals surface area contributed by atoms with Crippen molar-refractivity contribution >= 4 is 17.5 Å². The molecule has 1 heterocycles. The van der Waals surface area contributed by atoms with Crippen LogP contribution in [0.5, 0.6) is 0 Å². The maximum Gasteiger partial charge on any atom is 0.332 e. The van der Waals surface area contributed by atoms with Crippen molar-refractivity contribution in [2.24, 2.45) is 0 Å². The molecule has 7 heteroatoms. The number of nitrogens with two attached hydrogens (primary N) is 1. The van der Waals surface area contributed by atoms with Crippen LogP contribution in [0, 0.1) is 17.0 Å². The van der Waals surface area contributed by atoms with E-state index in [0.717, 1.165) is 19.4 Å². The molecular formula is C11H19N5O2. The third-order valence-electron chi connectivity index (χ3n) is 2.70. The van der Waals surface area contributed by atoms with Crippen molar-refractivity contribution in [1.82, 2.24) is 9.97 Å². The standard InChI is InChI=1S/C11H19N5O2/c1-4-6-7-15(5-2)10-9(16(17)18)8(3)13-11(12)14-10/h4-7H2,1-3H3,(H2,12,13,14). The molecule has 0 bridgehead atoms. The molecule has 0 aromatic carbocycles. The molecule has 7 nitrogen and oxygen atoms in total. The van der Waals surface area contributed by atoms with Crippen LogP contribution in [-0.4, -0.2) is 28.0 Å². The summed E-state index contributed by atoms with van der Waals surface area (Å²) in [6.45, 7) is 6.96. The Kier molecular flexibility index (Phi) is 4.82. The Morgan fingerprint density at radius 3 is 2.56 bits per heavy atom. The van der Waals surface area contributed by atoms with Crippen LogP contribution in [0.1, 0.15) is 32.4 Å². The molecular weight excluding hydrogens is 234 g/mol. The Balaban J connectivity index is 3.22. The van der Waals surface area contributed by atoms with Gasteiger partial charge in [-0.2, -0.15) is 4.98 Å². The third kappa shape index (κ3) is 3.06. The van der Waals surface area contributed by atoms with Gasteiger partial charge in [-0.1, -0.05) is 13.3 Å². The fourth-order valence-electron chi connectivity index (χ4n) is 1.77. The van der Waals surface area contributed by atoms with Crippen molar-refractivity contribution < 1.29 is 4.92 Å². The molecule has 0 aliphatic rings. The van der Waals surface area contributed by atoms with Gasteiger partial charge < -0.3 is 10.6 Å². The fourth-order valence-corrected chi connectivity index (χ4v) is 1.77. The SMILES string of the molecule is CCCCN(CC)c1nc(N)nc(C)c1[N+](=O)[O-]. The summed E-state index contributed by atoms with van der Waals surface area (Å²) in [5.74, 6) is 0.393. The van der Waals surface area contributed by atoms with E-state index >= 15 is 0 Å². The molecule has 0 aliphatic heterocycles. The van der Waals surface area contributed by atoms with E-state index in [0.29, 0.717) is 18.1 Å². The molecule has 2 N–H and O–H groups in total. The fraction of sp³-hybridized carbons (Fsp3) is 0.636. The van der Waals surface area contributed by atoms with Crippen molar-refractivity contribution in [3.63, 3.8) is 0 Å². The summed E-state index contributed by atoms with van der Waals surface area (Å²) in [5.41, 5.74) is 5.83. The summed E-state index contributed by atoms with van der Waals surface area (Å²) in [4.78, 5) is 20.4. The Hall–Kier alpha value is -1.92. The maximum atomic E-state index is 11.1. The number of unbranched alkanes of at least 4 members (excludes halogenated alkanes) is 1. The lowest BCUT2D eigenvalue weighted by Crippen LogP contribution is -2.26. The molecule has 1 aromatic heterocycles. The number of rotatable bonds is 6. The van der Waals surface area contributed by atoms with E-state index in [-0.39, 0.29) is 11.6 Å². The third-order valence-corrected chi connectivity index (χ3v) is 2.70. The number of nitro groups is 1. The molecule has 0 atom stereocenters. The first-order valence-corrected chi connectivity index (χ1v) is 6.04. The van der Waals surface area contributed by atoms with Crippen molar-refractivity contribution in [3.05, 3.63) is 15.8 Å². The lowest BCUT2D eigenvalue weighted by atomic mass is 10.2. The van der Waals surface area contributed by atoms with Gasteiger partial charge in [-0.15, -0.1) is 0 Å². The predicted molar refractivity (Wildman–Crippen MR) is 70.6 cm³/mol. The van der Waals surface area contributed by atoms with Crippen LogP contribution in [0.15, 0.2) is 0 Å².